The average molecular weight is 346 g/mol. The molecule has 0 aliphatic carbocycles. The van der Waals surface area contributed by atoms with E-state index in [9.17, 15) is 9.18 Å². The number of hydrogen-bond acceptors (Lipinski definition) is 5. The third-order valence-electron chi connectivity index (χ3n) is 3.62. The monoisotopic (exact) mass is 346 g/mol. The Kier molecular flexibility index (Phi) is 3.42. The van der Waals surface area contributed by atoms with E-state index in [1.165, 1.54) is 33.7 Å². The van der Waals surface area contributed by atoms with Crippen molar-refractivity contribution >= 4 is 39.1 Å². The second kappa shape index (κ2) is 5.47. The maximum Gasteiger partial charge on any atom is 0.272 e. The third-order valence-corrected chi connectivity index (χ3v) is 5.48. The van der Waals surface area contributed by atoms with E-state index >= 15 is 0 Å². The van der Waals surface area contributed by atoms with Crippen molar-refractivity contribution in [3.8, 4) is 0 Å². The molecule has 0 atom stereocenters. The van der Waals surface area contributed by atoms with Gasteiger partial charge in [0.25, 0.3) is 5.56 Å². The molecule has 0 bridgehead atoms. The van der Waals surface area contributed by atoms with Crippen LogP contribution in [0.4, 0.5) is 4.39 Å². The summed E-state index contributed by atoms with van der Waals surface area (Å²) in [6.45, 7) is 0. The third kappa shape index (κ3) is 2.25. The van der Waals surface area contributed by atoms with Gasteiger partial charge in [-0.2, -0.15) is 0 Å². The van der Waals surface area contributed by atoms with Gasteiger partial charge in [0.15, 0.2) is 5.16 Å². The minimum atomic E-state index is -0.234. The first-order valence-electron chi connectivity index (χ1n) is 6.84. The Hall–Kier alpha value is -2.19. The van der Waals surface area contributed by atoms with Gasteiger partial charge in [0.05, 0.1) is 5.52 Å². The Morgan fingerprint density at radius 1 is 1.26 bits per heavy atom. The van der Waals surface area contributed by atoms with Crippen LogP contribution in [0.1, 0.15) is 5.56 Å². The number of thioether (sulfide) groups is 1. The molecule has 1 aromatic carbocycles. The van der Waals surface area contributed by atoms with Gasteiger partial charge in [-0.1, -0.05) is 30.0 Å². The summed E-state index contributed by atoms with van der Waals surface area (Å²) < 4.78 is 17.7. The second-order valence-corrected chi connectivity index (χ2v) is 6.86. The Bertz CT molecular complexity index is 1080. The van der Waals surface area contributed by atoms with E-state index in [2.05, 4.69) is 10.2 Å². The Morgan fingerprint density at radius 3 is 2.91 bits per heavy atom. The summed E-state index contributed by atoms with van der Waals surface area (Å²) in [5.41, 5.74) is 1.32. The first kappa shape index (κ1) is 14.4. The summed E-state index contributed by atoms with van der Waals surface area (Å²) in [6.07, 6.45) is 0. The van der Waals surface area contributed by atoms with Crippen LogP contribution >= 0.6 is 23.1 Å². The summed E-state index contributed by atoms with van der Waals surface area (Å²) in [6, 6.07) is 8.55. The number of fused-ring (bicyclic) bond motifs is 3. The van der Waals surface area contributed by atoms with E-state index in [4.69, 9.17) is 0 Å². The molecule has 3 heterocycles. The molecule has 0 aliphatic heterocycles. The van der Waals surface area contributed by atoms with Gasteiger partial charge in [-0.05, 0) is 23.1 Å². The standard InChI is InChI=1S/C15H11FN4OS2/c1-19-13(21)12-11(6-7-22-12)20-14(19)17-18-15(20)23-8-9-4-2-3-5-10(9)16/h2-7H,8H2,1H3. The first-order valence-corrected chi connectivity index (χ1v) is 8.71. The number of nitrogens with zero attached hydrogens (tertiary/aromatic N) is 4. The zero-order chi connectivity index (χ0) is 16.0. The number of benzene rings is 1. The second-order valence-electron chi connectivity index (χ2n) is 5.00. The number of hydrogen-bond donors (Lipinski definition) is 0. The molecule has 5 nitrogen and oxygen atoms in total. The van der Waals surface area contributed by atoms with Crippen LogP contribution in [0.2, 0.25) is 0 Å². The van der Waals surface area contributed by atoms with Crippen LogP contribution in [0.3, 0.4) is 0 Å². The minimum absolute atomic E-state index is 0.0828. The number of aryl methyl sites for hydroxylation is 1. The molecule has 0 radical (unpaired) electrons. The largest absolute Gasteiger partial charge is 0.279 e. The molecule has 23 heavy (non-hydrogen) atoms. The Morgan fingerprint density at radius 2 is 2.09 bits per heavy atom. The molecule has 4 rings (SSSR count). The number of thiophene rings is 1. The predicted molar refractivity (Wildman–Crippen MR) is 89.6 cm³/mol. The molecule has 4 aromatic rings. The Labute approximate surface area is 138 Å². The normalized spacial score (nSPS) is 11.6. The van der Waals surface area contributed by atoms with E-state index in [-0.39, 0.29) is 11.4 Å². The lowest BCUT2D eigenvalue weighted by Crippen LogP contribution is -2.18. The van der Waals surface area contributed by atoms with Crippen LogP contribution in [0.5, 0.6) is 0 Å². The molecule has 0 amide bonds. The van der Waals surface area contributed by atoms with Crippen molar-refractivity contribution in [3.63, 3.8) is 0 Å². The maximum atomic E-state index is 13.8. The zero-order valence-electron chi connectivity index (χ0n) is 12.1. The van der Waals surface area contributed by atoms with Crippen LogP contribution in [0.25, 0.3) is 16.0 Å². The molecule has 0 fully saturated rings. The molecule has 0 aliphatic rings. The van der Waals surface area contributed by atoms with Gasteiger partial charge in [0.2, 0.25) is 5.78 Å². The lowest BCUT2D eigenvalue weighted by molar-refractivity contribution is 0.617. The van der Waals surface area contributed by atoms with E-state index < -0.39 is 0 Å². The molecule has 116 valence electrons. The van der Waals surface area contributed by atoms with Crippen molar-refractivity contribution in [2.45, 2.75) is 10.9 Å². The van der Waals surface area contributed by atoms with Crippen molar-refractivity contribution in [3.05, 3.63) is 57.4 Å². The summed E-state index contributed by atoms with van der Waals surface area (Å²) in [5, 5.41) is 10.8. The molecule has 0 unspecified atom stereocenters. The highest BCUT2D eigenvalue weighted by molar-refractivity contribution is 7.98. The van der Waals surface area contributed by atoms with Gasteiger partial charge in [-0.25, -0.2) is 4.39 Å². The summed E-state index contributed by atoms with van der Waals surface area (Å²) in [5.74, 6) is 0.695. The summed E-state index contributed by atoms with van der Waals surface area (Å²) >= 11 is 2.79. The molecule has 0 saturated heterocycles. The lowest BCUT2D eigenvalue weighted by atomic mass is 10.2. The van der Waals surface area contributed by atoms with Crippen LogP contribution < -0.4 is 5.56 Å². The molecule has 0 N–H and O–H groups in total. The van der Waals surface area contributed by atoms with Gasteiger partial charge in [0, 0.05) is 12.8 Å². The van der Waals surface area contributed by atoms with Crippen molar-refractivity contribution in [1.29, 1.82) is 0 Å². The minimum Gasteiger partial charge on any atom is -0.279 e. The van der Waals surface area contributed by atoms with Gasteiger partial charge < -0.3 is 0 Å². The molecular weight excluding hydrogens is 335 g/mol. The van der Waals surface area contributed by atoms with Crippen molar-refractivity contribution in [2.24, 2.45) is 7.05 Å². The number of halogens is 1. The fourth-order valence-corrected chi connectivity index (χ4v) is 4.20. The van der Waals surface area contributed by atoms with Crippen molar-refractivity contribution in [1.82, 2.24) is 19.2 Å². The van der Waals surface area contributed by atoms with E-state index in [1.807, 2.05) is 21.9 Å². The molecule has 8 heteroatoms. The zero-order valence-corrected chi connectivity index (χ0v) is 13.7. The van der Waals surface area contributed by atoms with Crippen LogP contribution in [-0.4, -0.2) is 19.2 Å². The molecule has 0 spiro atoms. The van der Waals surface area contributed by atoms with Gasteiger partial charge >= 0.3 is 0 Å². The highest BCUT2D eigenvalue weighted by Gasteiger charge is 2.16. The topological polar surface area (TPSA) is 52.2 Å². The molecule has 0 saturated carbocycles. The quantitative estimate of drug-likeness (QED) is 0.535. The van der Waals surface area contributed by atoms with Gasteiger partial charge in [-0.3, -0.25) is 13.8 Å². The van der Waals surface area contributed by atoms with Gasteiger partial charge in [-0.15, -0.1) is 21.5 Å². The first-order chi connectivity index (χ1) is 11.2. The highest BCUT2D eigenvalue weighted by atomic mass is 32.2. The van der Waals surface area contributed by atoms with E-state index in [0.717, 1.165) is 5.52 Å². The van der Waals surface area contributed by atoms with E-state index in [1.54, 1.807) is 19.2 Å². The lowest BCUT2D eigenvalue weighted by Gasteiger charge is -2.05. The highest BCUT2D eigenvalue weighted by Crippen LogP contribution is 2.26. The summed E-state index contributed by atoms with van der Waals surface area (Å²) in [7, 11) is 1.68. The smallest absolute Gasteiger partial charge is 0.272 e. The number of rotatable bonds is 3. The number of aromatic nitrogens is 4. The predicted octanol–water partition coefficient (Wildman–Crippen LogP) is 3.07. The van der Waals surface area contributed by atoms with E-state index in [0.29, 0.717) is 27.0 Å². The van der Waals surface area contributed by atoms with Crippen molar-refractivity contribution < 1.29 is 4.39 Å². The van der Waals surface area contributed by atoms with Crippen molar-refractivity contribution in [2.75, 3.05) is 0 Å². The average Bonchev–Trinajstić information content (AvgIpc) is 3.18. The fourth-order valence-electron chi connectivity index (χ4n) is 2.42. The maximum absolute atomic E-state index is 13.8. The van der Waals surface area contributed by atoms with Gasteiger partial charge in [0.1, 0.15) is 10.5 Å². The SMILES string of the molecule is Cn1c(=O)c2sccc2n2c(SCc3ccccc3F)nnc12. The van der Waals surface area contributed by atoms with Crippen LogP contribution in [0, 0.1) is 5.82 Å². The molecule has 3 aromatic heterocycles. The van der Waals surface area contributed by atoms with Crippen LogP contribution in [-0.2, 0) is 12.8 Å². The fraction of sp³-hybridized carbons (Fsp3) is 0.133. The van der Waals surface area contributed by atoms with Crippen LogP contribution in [0.15, 0.2) is 45.7 Å². The molecular formula is C15H11FN4OS2. The Balaban J connectivity index is 1.82. The summed E-state index contributed by atoms with van der Waals surface area (Å²) in [4.78, 5) is 12.3.